The average Bonchev–Trinajstić information content (AvgIpc) is 2.31. The minimum Gasteiger partial charge on any atom is -0.353 e. The van der Waals surface area contributed by atoms with Crippen LogP contribution in [0.25, 0.3) is 0 Å². The number of hydrogen-bond donors (Lipinski definition) is 2. The average molecular weight is 252 g/mol. The van der Waals surface area contributed by atoms with Gasteiger partial charge in [-0.2, -0.15) is 0 Å². The fourth-order valence-corrected chi connectivity index (χ4v) is 1.82. The van der Waals surface area contributed by atoms with Crippen molar-refractivity contribution in [2.45, 2.75) is 32.7 Å². The minimum absolute atomic E-state index is 0.0503. The van der Waals surface area contributed by atoms with E-state index in [4.69, 9.17) is 5.73 Å². The largest absolute Gasteiger partial charge is 0.353 e. The second-order valence-electron chi connectivity index (χ2n) is 4.76. The molecule has 1 aromatic rings. The maximum atomic E-state index is 13.4. The van der Waals surface area contributed by atoms with E-state index in [-0.39, 0.29) is 24.2 Å². The number of amides is 1. The Morgan fingerprint density at radius 2 is 2.06 bits per heavy atom. The second-order valence-corrected chi connectivity index (χ2v) is 4.76. The van der Waals surface area contributed by atoms with Crippen LogP contribution in [0.5, 0.6) is 0 Å². The van der Waals surface area contributed by atoms with E-state index in [1.165, 1.54) is 6.07 Å². The molecule has 0 aromatic heterocycles. The van der Waals surface area contributed by atoms with Crippen molar-refractivity contribution in [3.63, 3.8) is 0 Å². The maximum absolute atomic E-state index is 13.4. The summed E-state index contributed by atoms with van der Waals surface area (Å²) in [5, 5.41) is 2.91. The molecule has 1 aromatic carbocycles. The molecule has 100 valence electrons. The molecule has 0 radical (unpaired) electrons. The van der Waals surface area contributed by atoms with Gasteiger partial charge in [-0.25, -0.2) is 4.39 Å². The molecule has 1 unspecified atom stereocenters. The van der Waals surface area contributed by atoms with Crippen molar-refractivity contribution in [3.8, 4) is 0 Å². The van der Waals surface area contributed by atoms with Gasteiger partial charge in [0.05, 0.1) is 6.42 Å². The third-order valence-corrected chi connectivity index (χ3v) is 2.94. The van der Waals surface area contributed by atoms with Crippen LogP contribution >= 0.6 is 0 Å². The molecular formula is C14H21FN2O. The van der Waals surface area contributed by atoms with Crippen molar-refractivity contribution in [3.05, 3.63) is 35.6 Å². The van der Waals surface area contributed by atoms with Gasteiger partial charge >= 0.3 is 0 Å². The van der Waals surface area contributed by atoms with Crippen molar-refractivity contribution in [2.24, 2.45) is 11.7 Å². The van der Waals surface area contributed by atoms with E-state index in [2.05, 4.69) is 5.32 Å². The van der Waals surface area contributed by atoms with Crippen LogP contribution in [0.1, 0.15) is 25.8 Å². The molecule has 0 saturated carbocycles. The highest BCUT2D eigenvalue weighted by molar-refractivity contribution is 5.78. The van der Waals surface area contributed by atoms with Crippen molar-refractivity contribution in [2.75, 3.05) is 6.54 Å². The maximum Gasteiger partial charge on any atom is 0.224 e. The Bertz CT molecular complexity index is 393. The van der Waals surface area contributed by atoms with Gasteiger partial charge in [0.25, 0.3) is 0 Å². The van der Waals surface area contributed by atoms with Gasteiger partial charge in [0.1, 0.15) is 5.82 Å². The van der Waals surface area contributed by atoms with Gasteiger partial charge in [-0.15, -0.1) is 0 Å². The molecule has 0 saturated heterocycles. The Morgan fingerprint density at radius 3 is 2.61 bits per heavy atom. The quantitative estimate of drug-likeness (QED) is 0.812. The van der Waals surface area contributed by atoms with Crippen LogP contribution in [-0.2, 0) is 11.2 Å². The smallest absolute Gasteiger partial charge is 0.224 e. The molecule has 1 amide bonds. The van der Waals surface area contributed by atoms with Gasteiger partial charge in [-0.1, -0.05) is 32.0 Å². The summed E-state index contributed by atoms with van der Waals surface area (Å²) in [7, 11) is 0. The van der Waals surface area contributed by atoms with E-state index < -0.39 is 0 Å². The minimum atomic E-state index is -0.340. The monoisotopic (exact) mass is 252 g/mol. The van der Waals surface area contributed by atoms with Crippen LogP contribution in [0, 0.1) is 11.7 Å². The molecule has 0 aliphatic rings. The zero-order valence-electron chi connectivity index (χ0n) is 10.9. The molecule has 1 atom stereocenters. The van der Waals surface area contributed by atoms with Crippen molar-refractivity contribution in [1.82, 2.24) is 5.32 Å². The Hall–Kier alpha value is -1.42. The Balaban J connectivity index is 2.58. The highest BCUT2D eigenvalue weighted by atomic mass is 19.1. The standard InChI is InChI=1S/C14H21FN2O/c1-10(2)13(7-8-16)17-14(18)9-11-5-3-4-6-12(11)15/h3-6,10,13H,7-9,16H2,1-2H3,(H,17,18). The summed E-state index contributed by atoms with van der Waals surface area (Å²) < 4.78 is 13.4. The molecule has 0 heterocycles. The molecule has 3 nitrogen and oxygen atoms in total. The first-order valence-electron chi connectivity index (χ1n) is 6.27. The van der Waals surface area contributed by atoms with Gasteiger partial charge in [0, 0.05) is 6.04 Å². The number of carbonyl (C=O) groups excluding carboxylic acids is 1. The van der Waals surface area contributed by atoms with Crippen LogP contribution in [0.3, 0.4) is 0 Å². The third-order valence-electron chi connectivity index (χ3n) is 2.94. The third kappa shape index (κ3) is 4.45. The first-order chi connectivity index (χ1) is 8.54. The first-order valence-corrected chi connectivity index (χ1v) is 6.27. The van der Waals surface area contributed by atoms with Crippen LogP contribution < -0.4 is 11.1 Å². The fourth-order valence-electron chi connectivity index (χ4n) is 1.82. The number of rotatable bonds is 6. The molecular weight excluding hydrogens is 231 g/mol. The van der Waals surface area contributed by atoms with Gasteiger partial charge in [0.15, 0.2) is 0 Å². The number of hydrogen-bond acceptors (Lipinski definition) is 2. The molecule has 4 heteroatoms. The van der Waals surface area contributed by atoms with Crippen molar-refractivity contribution in [1.29, 1.82) is 0 Å². The van der Waals surface area contributed by atoms with E-state index in [9.17, 15) is 9.18 Å². The molecule has 18 heavy (non-hydrogen) atoms. The van der Waals surface area contributed by atoms with Gasteiger partial charge < -0.3 is 11.1 Å². The van der Waals surface area contributed by atoms with Crippen molar-refractivity contribution >= 4 is 5.91 Å². The number of nitrogens with two attached hydrogens (primary N) is 1. The number of carbonyl (C=O) groups is 1. The summed E-state index contributed by atoms with van der Waals surface area (Å²) in [6.07, 6.45) is 0.807. The molecule has 0 aliphatic carbocycles. The molecule has 3 N–H and O–H groups in total. The van der Waals surface area contributed by atoms with Gasteiger partial charge in [-0.05, 0) is 30.5 Å². The predicted octanol–water partition coefficient (Wildman–Crippen LogP) is 1.86. The molecule has 1 rings (SSSR count). The molecule has 0 bridgehead atoms. The summed E-state index contributed by atoms with van der Waals surface area (Å²) in [5.74, 6) is -0.182. The summed E-state index contributed by atoms with van der Waals surface area (Å²) in [6.45, 7) is 4.59. The topological polar surface area (TPSA) is 55.1 Å². The van der Waals surface area contributed by atoms with Gasteiger partial charge in [0.2, 0.25) is 5.91 Å². The zero-order valence-corrected chi connectivity index (χ0v) is 10.9. The Morgan fingerprint density at radius 1 is 1.39 bits per heavy atom. The highest BCUT2D eigenvalue weighted by Gasteiger charge is 2.16. The van der Waals surface area contributed by atoms with Crippen LogP contribution in [-0.4, -0.2) is 18.5 Å². The fraction of sp³-hybridized carbons (Fsp3) is 0.500. The summed E-state index contributed by atoms with van der Waals surface area (Å²) in [5.41, 5.74) is 5.93. The van der Waals surface area contributed by atoms with Crippen LogP contribution in [0.2, 0.25) is 0 Å². The number of nitrogens with one attached hydrogen (secondary N) is 1. The predicted molar refractivity (Wildman–Crippen MR) is 70.5 cm³/mol. The summed E-state index contributed by atoms with van der Waals surface area (Å²) in [6, 6.07) is 6.38. The Labute approximate surface area is 108 Å². The van der Waals surface area contributed by atoms with E-state index in [0.717, 1.165) is 6.42 Å². The first kappa shape index (κ1) is 14.6. The van der Waals surface area contributed by atoms with E-state index >= 15 is 0 Å². The number of halogens is 1. The highest BCUT2D eigenvalue weighted by Crippen LogP contribution is 2.09. The molecule has 0 fully saturated rings. The molecule has 0 spiro atoms. The van der Waals surface area contributed by atoms with Crippen LogP contribution in [0.4, 0.5) is 4.39 Å². The zero-order chi connectivity index (χ0) is 13.5. The van der Waals surface area contributed by atoms with Crippen molar-refractivity contribution < 1.29 is 9.18 Å². The lowest BCUT2D eigenvalue weighted by molar-refractivity contribution is -0.121. The van der Waals surface area contributed by atoms with E-state index in [0.29, 0.717) is 18.0 Å². The van der Waals surface area contributed by atoms with Gasteiger partial charge in [-0.3, -0.25) is 4.79 Å². The van der Waals surface area contributed by atoms with E-state index in [1.54, 1.807) is 18.2 Å². The van der Waals surface area contributed by atoms with Crippen LogP contribution in [0.15, 0.2) is 24.3 Å². The van der Waals surface area contributed by atoms with E-state index in [1.807, 2.05) is 13.8 Å². The molecule has 0 aliphatic heterocycles. The lowest BCUT2D eigenvalue weighted by atomic mass is 10.0. The lowest BCUT2D eigenvalue weighted by Crippen LogP contribution is -2.40. The summed E-state index contributed by atoms with van der Waals surface area (Å²) in [4.78, 5) is 11.8. The number of benzene rings is 1. The SMILES string of the molecule is CC(C)C(CCN)NC(=O)Cc1ccccc1F. The second kappa shape index (κ2) is 7.11. The lowest BCUT2D eigenvalue weighted by Gasteiger charge is -2.21. The Kier molecular flexibility index (Phi) is 5.78. The normalized spacial score (nSPS) is 12.5. The summed E-state index contributed by atoms with van der Waals surface area (Å²) >= 11 is 0.